The van der Waals surface area contributed by atoms with Crippen molar-refractivity contribution >= 4 is 0 Å². The van der Waals surface area contributed by atoms with Crippen molar-refractivity contribution in [2.24, 2.45) is 0 Å². The molecule has 3 nitrogen and oxygen atoms in total. The summed E-state index contributed by atoms with van der Waals surface area (Å²) in [6, 6.07) is 12.5. The fourth-order valence-corrected chi connectivity index (χ4v) is 1.08. The van der Waals surface area contributed by atoms with Gasteiger partial charge < -0.3 is 9.72 Å². The average molecular weight is 187 g/mol. The van der Waals surface area contributed by atoms with Crippen molar-refractivity contribution in [3.8, 4) is 11.5 Å². The lowest BCUT2D eigenvalue weighted by Gasteiger charge is -2.03. The number of aromatic nitrogens is 1. The number of pyridine rings is 1. The topological polar surface area (TPSA) is 42.1 Å². The van der Waals surface area contributed by atoms with Crippen LogP contribution in [0.25, 0.3) is 0 Å². The van der Waals surface area contributed by atoms with Crippen molar-refractivity contribution in [1.82, 2.24) is 4.98 Å². The van der Waals surface area contributed by atoms with Crippen molar-refractivity contribution in [3.63, 3.8) is 0 Å². The summed E-state index contributed by atoms with van der Waals surface area (Å²) in [5, 5.41) is 0. The van der Waals surface area contributed by atoms with Crippen LogP contribution >= 0.6 is 0 Å². The molecule has 0 unspecified atom stereocenters. The normalized spacial score (nSPS) is 9.71. The van der Waals surface area contributed by atoms with Gasteiger partial charge in [-0.2, -0.15) is 0 Å². The van der Waals surface area contributed by atoms with E-state index in [1.54, 1.807) is 6.07 Å². The first-order valence-electron chi connectivity index (χ1n) is 4.26. The molecule has 1 aromatic carbocycles. The van der Waals surface area contributed by atoms with Gasteiger partial charge in [0, 0.05) is 12.3 Å². The predicted octanol–water partition coefficient (Wildman–Crippen LogP) is 2.17. The van der Waals surface area contributed by atoms with E-state index in [0.717, 1.165) is 5.75 Å². The van der Waals surface area contributed by atoms with Crippen LogP contribution < -0.4 is 10.3 Å². The summed E-state index contributed by atoms with van der Waals surface area (Å²) in [4.78, 5) is 13.3. The smallest absolute Gasteiger partial charge is 0.248 e. The monoisotopic (exact) mass is 187 g/mol. The van der Waals surface area contributed by atoms with E-state index >= 15 is 0 Å². The van der Waals surface area contributed by atoms with E-state index in [1.165, 1.54) is 12.3 Å². The molecule has 1 N–H and O–H groups in total. The van der Waals surface area contributed by atoms with Gasteiger partial charge in [0.2, 0.25) is 5.56 Å². The number of ether oxygens (including phenoxy) is 1. The lowest BCUT2D eigenvalue weighted by atomic mass is 10.3. The number of para-hydroxylation sites is 1. The molecule has 0 aliphatic carbocycles. The first-order valence-corrected chi connectivity index (χ1v) is 4.26. The maximum atomic E-state index is 10.8. The lowest BCUT2D eigenvalue weighted by Crippen LogP contribution is -2.01. The SMILES string of the molecule is O=c1ccc(Oc2ccccc2)c[nH]1. The van der Waals surface area contributed by atoms with Crippen LogP contribution in [0, 0.1) is 0 Å². The van der Waals surface area contributed by atoms with Crippen LogP contribution in [0.3, 0.4) is 0 Å². The van der Waals surface area contributed by atoms with E-state index in [4.69, 9.17) is 4.74 Å². The Bertz CT molecular complexity index is 442. The highest BCUT2D eigenvalue weighted by atomic mass is 16.5. The Morgan fingerprint density at radius 2 is 1.71 bits per heavy atom. The van der Waals surface area contributed by atoms with Gasteiger partial charge in [-0.3, -0.25) is 4.79 Å². The van der Waals surface area contributed by atoms with Crippen molar-refractivity contribution < 1.29 is 4.74 Å². The Morgan fingerprint density at radius 1 is 0.929 bits per heavy atom. The van der Waals surface area contributed by atoms with E-state index in [-0.39, 0.29) is 5.56 Å². The number of aromatic amines is 1. The van der Waals surface area contributed by atoms with Gasteiger partial charge in [0.25, 0.3) is 0 Å². The van der Waals surface area contributed by atoms with Gasteiger partial charge in [0.05, 0.1) is 0 Å². The molecule has 0 saturated carbocycles. The number of nitrogens with one attached hydrogen (secondary N) is 1. The van der Waals surface area contributed by atoms with Crippen molar-refractivity contribution in [2.45, 2.75) is 0 Å². The molecule has 0 spiro atoms. The standard InChI is InChI=1S/C11H9NO2/c13-11-7-6-10(8-12-11)14-9-4-2-1-3-5-9/h1-8H,(H,12,13). The van der Waals surface area contributed by atoms with Crippen LogP contribution in [0.4, 0.5) is 0 Å². The Labute approximate surface area is 81.0 Å². The summed E-state index contributed by atoms with van der Waals surface area (Å²) in [7, 11) is 0. The van der Waals surface area contributed by atoms with Gasteiger partial charge in [-0.1, -0.05) is 18.2 Å². The molecule has 0 fully saturated rings. The molecular weight excluding hydrogens is 178 g/mol. The zero-order chi connectivity index (χ0) is 9.80. The fourth-order valence-electron chi connectivity index (χ4n) is 1.08. The zero-order valence-corrected chi connectivity index (χ0v) is 7.44. The van der Waals surface area contributed by atoms with Gasteiger partial charge in [-0.25, -0.2) is 0 Å². The zero-order valence-electron chi connectivity index (χ0n) is 7.44. The molecule has 3 heteroatoms. The molecular formula is C11H9NO2. The summed E-state index contributed by atoms with van der Waals surface area (Å²) in [6.07, 6.45) is 1.54. The molecule has 1 aromatic heterocycles. The maximum Gasteiger partial charge on any atom is 0.248 e. The molecule has 0 atom stereocenters. The minimum absolute atomic E-state index is 0.134. The first-order chi connectivity index (χ1) is 6.84. The van der Waals surface area contributed by atoms with Crippen molar-refractivity contribution in [2.75, 3.05) is 0 Å². The lowest BCUT2D eigenvalue weighted by molar-refractivity contribution is 0.480. The highest BCUT2D eigenvalue weighted by Crippen LogP contribution is 2.17. The molecule has 2 rings (SSSR count). The van der Waals surface area contributed by atoms with Crippen LogP contribution in [0.2, 0.25) is 0 Å². The van der Waals surface area contributed by atoms with Crippen LogP contribution in [0.1, 0.15) is 0 Å². The average Bonchev–Trinajstić information content (AvgIpc) is 2.23. The second kappa shape index (κ2) is 3.79. The largest absolute Gasteiger partial charge is 0.456 e. The number of rotatable bonds is 2. The molecule has 0 radical (unpaired) electrons. The third kappa shape index (κ3) is 2.01. The molecule has 0 saturated heterocycles. The first kappa shape index (κ1) is 8.56. The summed E-state index contributed by atoms with van der Waals surface area (Å²) >= 11 is 0. The van der Waals surface area contributed by atoms with Crippen LogP contribution in [-0.4, -0.2) is 4.98 Å². The Morgan fingerprint density at radius 3 is 2.36 bits per heavy atom. The van der Waals surface area contributed by atoms with E-state index in [9.17, 15) is 4.79 Å². The summed E-state index contributed by atoms with van der Waals surface area (Å²) < 4.78 is 5.46. The van der Waals surface area contributed by atoms with E-state index in [0.29, 0.717) is 5.75 Å². The minimum Gasteiger partial charge on any atom is -0.456 e. The van der Waals surface area contributed by atoms with Crippen LogP contribution in [0.15, 0.2) is 53.5 Å². The second-order valence-corrected chi connectivity index (χ2v) is 2.80. The second-order valence-electron chi connectivity index (χ2n) is 2.80. The maximum absolute atomic E-state index is 10.8. The Kier molecular flexibility index (Phi) is 2.32. The Balaban J connectivity index is 2.19. The van der Waals surface area contributed by atoms with Crippen LogP contribution in [-0.2, 0) is 0 Å². The molecule has 1 heterocycles. The third-order valence-electron chi connectivity index (χ3n) is 1.73. The molecule has 0 amide bonds. The van der Waals surface area contributed by atoms with Gasteiger partial charge in [-0.15, -0.1) is 0 Å². The van der Waals surface area contributed by atoms with Crippen LogP contribution in [0.5, 0.6) is 11.5 Å². The summed E-state index contributed by atoms with van der Waals surface area (Å²) in [5.41, 5.74) is -0.134. The molecule has 14 heavy (non-hydrogen) atoms. The highest BCUT2D eigenvalue weighted by Gasteiger charge is 1.94. The van der Waals surface area contributed by atoms with Gasteiger partial charge in [0.15, 0.2) is 0 Å². The van der Waals surface area contributed by atoms with Crippen molar-refractivity contribution in [1.29, 1.82) is 0 Å². The van der Waals surface area contributed by atoms with E-state index < -0.39 is 0 Å². The number of hydrogen-bond acceptors (Lipinski definition) is 2. The van der Waals surface area contributed by atoms with Gasteiger partial charge in [0.1, 0.15) is 11.5 Å². The summed E-state index contributed by atoms with van der Waals surface area (Å²) in [6.45, 7) is 0. The van der Waals surface area contributed by atoms with Gasteiger partial charge in [-0.05, 0) is 18.2 Å². The molecule has 0 aliphatic heterocycles. The number of H-pyrrole nitrogens is 1. The summed E-state index contributed by atoms with van der Waals surface area (Å²) in [5.74, 6) is 1.37. The van der Waals surface area contributed by atoms with E-state index in [2.05, 4.69) is 4.98 Å². The number of benzene rings is 1. The molecule has 2 aromatic rings. The van der Waals surface area contributed by atoms with Gasteiger partial charge >= 0.3 is 0 Å². The Hall–Kier alpha value is -2.03. The highest BCUT2D eigenvalue weighted by molar-refractivity contribution is 5.28. The third-order valence-corrected chi connectivity index (χ3v) is 1.73. The van der Waals surface area contributed by atoms with E-state index in [1.807, 2.05) is 30.3 Å². The van der Waals surface area contributed by atoms with Crippen molar-refractivity contribution in [3.05, 3.63) is 59.0 Å². The number of hydrogen-bond donors (Lipinski definition) is 1. The molecule has 0 bridgehead atoms. The molecule has 0 aliphatic rings. The fraction of sp³-hybridized carbons (Fsp3) is 0. The predicted molar refractivity (Wildman–Crippen MR) is 53.6 cm³/mol. The minimum atomic E-state index is -0.134. The quantitative estimate of drug-likeness (QED) is 0.782. The molecule has 70 valence electrons.